The molecule has 4 heterocycles. The summed E-state index contributed by atoms with van der Waals surface area (Å²) in [6.07, 6.45) is 4.84. The van der Waals surface area contributed by atoms with Crippen LogP contribution in [0.3, 0.4) is 0 Å². The van der Waals surface area contributed by atoms with E-state index in [9.17, 15) is 0 Å². The second-order valence-electron chi connectivity index (χ2n) is 8.23. The Bertz CT molecular complexity index is 1220. The average molecular weight is 402 g/mol. The average Bonchev–Trinajstić information content (AvgIpc) is 3.17. The summed E-state index contributed by atoms with van der Waals surface area (Å²) in [5, 5.41) is 6.95. The van der Waals surface area contributed by atoms with Crippen molar-refractivity contribution in [2.75, 3.05) is 20.3 Å². The Morgan fingerprint density at radius 1 is 1.17 bits per heavy atom. The minimum atomic E-state index is 0.344. The molecule has 30 heavy (non-hydrogen) atoms. The van der Waals surface area contributed by atoms with Gasteiger partial charge in [-0.3, -0.25) is 9.67 Å². The Balaban J connectivity index is 1.66. The lowest BCUT2D eigenvalue weighted by Crippen LogP contribution is -2.28. The van der Waals surface area contributed by atoms with E-state index in [-0.39, 0.29) is 0 Å². The smallest absolute Gasteiger partial charge is 0.213 e. The Labute approximate surface area is 175 Å². The number of hydrogen-bond acceptors (Lipinski definition) is 5. The van der Waals surface area contributed by atoms with Crippen molar-refractivity contribution in [1.82, 2.24) is 19.7 Å². The number of aryl methyl sites for hydroxylation is 2. The van der Waals surface area contributed by atoms with Crippen LogP contribution in [0, 0.1) is 19.8 Å². The summed E-state index contributed by atoms with van der Waals surface area (Å²) >= 11 is 0. The molecule has 2 atom stereocenters. The van der Waals surface area contributed by atoms with E-state index in [0.29, 0.717) is 17.8 Å². The van der Waals surface area contributed by atoms with Crippen LogP contribution in [0.1, 0.15) is 30.6 Å². The maximum atomic E-state index is 5.64. The van der Waals surface area contributed by atoms with Gasteiger partial charge in [0.25, 0.3) is 0 Å². The molecule has 1 saturated heterocycles. The van der Waals surface area contributed by atoms with E-state index in [4.69, 9.17) is 19.6 Å². The van der Waals surface area contributed by atoms with E-state index in [0.717, 1.165) is 63.8 Å². The van der Waals surface area contributed by atoms with Crippen LogP contribution in [0.4, 0.5) is 0 Å². The third kappa shape index (κ3) is 3.03. The first-order valence-corrected chi connectivity index (χ1v) is 10.4. The fraction of sp³-hybridized carbons (Fsp3) is 0.375. The highest BCUT2D eigenvalue weighted by molar-refractivity contribution is 6.04. The van der Waals surface area contributed by atoms with Crippen molar-refractivity contribution in [3.8, 4) is 17.0 Å². The molecule has 1 aliphatic rings. The Morgan fingerprint density at radius 3 is 2.80 bits per heavy atom. The van der Waals surface area contributed by atoms with E-state index < -0.39 is 0 Å². The molecule has 1 fully saturated rings. The highest BCUT2D eigenvalue weighted by Gasteiger charge is 2.26. The summed E-state index contributed by atoms with van der Waals surface area (Å²) in [5.41, 5.74) is 6.47. The molecule has 0 radical (unpaired) electrons. The molecule has 2 unspecified atom stereocenters. The third-order valence-corrected chi connectivity index (χ3v) is 6.20. The molecular weight excluding hydrogens is 376 g/mol. The Kier molecular flexibility index (Phi) is 4.66. The highest BCUT2D eigenvalue weighted by Crippen LogP contribution is 2.35. The highest BCUT2D eigenvalue weighted by atomic mass is 16.5. The number of benzene rings is 1. The lowest BCUT2D eigenvalue weighted by atomic mass is 9.96. The number of methoxy groups -OCH3 is 1. The van der Waals surface area contributed by atoms with Crippen molar-refractivity contribution < 1.29 is 9.47 Å². The van der Waals surface area contributed by atoms with Gasteiger partial charge in [-0.25, -0.2) is 4.98 Å². The SMILES string of the molecule is COc1cc(C)c(-c2ccc3c(c2)ncc2cnn(C4CCOCC4C)c23)c(C)n1. The zero-order valence-corrected chi connectivity index (χ0v) is 17.8. The third-order valence-electron chi connectivity index (χ3n) is 6.20. The molecule has 154 valence electrons. The van der Waals surface area contributed by atoms with Crippen LogP contribution < -0.4 is 4.74 Å². The topological polar surface area (TPSA) is 62.1 Å². The maximum Gasteiger partial charge on any atom is 0.213 e. The van der Waals surface area contributed by atoms with Gasteiger partial charge in [0.1, 0.15) is 0 Å². The molecule has 0 bridgehead atoms. The van der Waals surface area contributed by atoms with Crippen molar-refractivity contribution in [2.45, 2.75) is 33.2 Å². The molecule has 6 heteroatoms. The number of fused-ring (bicyclic) bond motifs is 3. The van der Waals surface area contributed by atoms with Gasteiger partial charge in [0.2, 0.25) is 5.88 Å². The van der Waals surface area contributed by atoms with Crippen LogP contribution >= 0.6 is 0 Å². The van der Waals surface area contributed by atoms with Gasteiger partial charge < -0.3 is 9.47 Å². The van der Waals surface area contributed by atoms with Gasteiger partial charge in [-0.2, -0.15) is 5.10 Å². The van der Waals surface area contributed by atoms with Gasteiger partial charge in [-0.15, -0.1) is 0 Å². The number of aromatic nitrogens is 4. The molecular formula is C24H26N4O2. The second-order valence-corrected chi connectivity index (χ2v) is 8.23. The molecule has 0 N–H and O–H groups in total. The minimum Gasteiger partial charge on any atom is -0.481 e. The monoisotopic (exact) mass is 402 g/mol. The van der Waals surface area contributed by atoms with Gasteiger partial charge in [0, 0.05) is 46.8 Å². The molecule has 0 aliphatic carbocycles. The quantitative estimate of drug-likeness (QED) is 0.489. The lowest BCUT2D eigenvalue weighted by molar-refractivity contribution is 0.0264. The zero-order valence-electron chi connectivity index (χ0n) is 17.8. The van der Waals surface area contributed by atoms with Gasteiger partial charge in [0.05, 0.1) is 37.0 Å². The van der Waals surface area contributed by atoms with Gasteiger partial charge in [-0.05, 0) is 37.5 Å². The van der Waals surface area contributed by atoms with E-state index in [2.05, 4.69) is 41.7 Å². The summed E-state index contributed by atoms with van der Waals surface area (Å²) in [5.74, 6) is 1.07. The van der Waals surface area contributed by atoms with Crippen LogP contribution in [0.15, 0.2) is 36.7 Å². The van der Waals surface area contributed by atoms with Crippen LogP contribution in [0.5, 0.6) is 5.88 Å². The Morgan fingerprint density at radius 2 is 2.03 bits per heavy atom. The van der Waals surface area contributed by atoms with Crippen molar-refractivity contribution in [3.63, 3.8) is 0 Å². The molecule has 5 rings (SSSR count). The number of rotatable bonds is 3. The molecule has 6 nitrogen and oxygen atoms in total. The largest absolute Gasteiger partial charge is 0.481 e. The predicted octanol–water partition coefficient (Wildman–Crippen LogP) is 4.87. The van der Waals surface area contributed by atoms with E-state index in [1.54, 1.807) is 7.11 Å². The van der Waals surface area contributed by atoms with Crippen LogP contribution in [0.25, 0.3) is 32.9 Å². The molecule has 0 amide bonds. The maximum absolute atomic E-state index is 5.64. The van der Waals surface area contributed by atoms with E-state index in [1.807, 2.05) is 25.4 Å². The molecule has 1 aromatic carbocycles. The van der Waals surface area contributed by atoms with Gasteiger partial charge in [-0.1, -0.05) is 19.1 Å². The molecule has 0 saturated carbocycles. The number of ether oxygens (including phenoxy) is 2. The molecule has 3 aromatic heterocycles. The Hall–Kier alpha value is -2.99. The fourth-order valence-corrected chi connectivity index (χ4v) is 4.70. The number of nitrogens with zero attached hydrogens (tertiary/aromatic N) is 4. The van der Waals surface area contributed by atoms with Crippen molar-refractivity contribution in [2.24, 2.45) is 5.92 Å². The lowest BCUT2D eigenvalue weighted by Gasteiger charge is -2.29. The normalized spacial score (nSPS) is 19.5. The summed E-state index contributed by atoms with van der Waals surface area (Å²) < 4.78 is 13.2. The number of hydrogen-bond donors (Lipinski definition) is 0. The summed E-state index contributed by atoms with van der Waals surface area (Å²) in [6, 6.07) is 8.81. The van der Waals surface area contributed by atoms with E-state index >= 15 is 0 Å². The molecule has 1 aliphatic heterocycles. The van der Waals surface area contributed by atoms with Crippen LogP contribution in [0.2, 0.25) is 0 Å². The first-order chi connectivity index (χ1) is 14.6. The van der Waals surface area contributed by atoms with Gasteiger partial charge in [0.15, 0.2) is 0 Å². The predicted molar refractivity (Wildman–Crippen MR) is 118 cm³/mol. The van der Waals surface area contributed by atoms with Crippen molar-refractivity contribution >= 4 is 21.8 Å². The molecule has 0 spiro atoms. The molecule has 4 aromatic rings. The minimum absolute atomic E-state index is 0.344. The summed E-state index contributed by atoms with van der Waals surface area (Å²) in [6.45, 7) is 7.91. The first-order valence-electron chi connectivity index (χ1n) is 10.4. The zero-order chi connectivity index (χ0) is 20.8. The standard InChI is InChI=1S/C24H26N4O2/c1-14-9-22(29-4)27-16(3)23(14)17-5-6-19-20(10-17)25-11-18-12-26-28(24(18)19)21-7-8-30-13-15(21)2/h5-6,9-12,15,21H,7-8,13H2,1-4H3. The first kappa shape index (κ1) is 19.0. The van der Waals surface area contributed by atoms with Crippen molar-refractivity contribution in [3.05, 3.63) is 47.9 Å². The fourth-order valence-electron chi connectivity index (χ4n) is 4.70. The second kappa shape index (κ2) is 7.36. The number of pyridine rings is 2. The summed E-state index contributed by atoms with van der Waals surface area (Å²) in [4.78, 5) is 9.31. The van der Waals surface area contributed by atoms with Crippen molar-refractivity contribution in [1.29, 1.82) is 0 Å². The van der Waals surface area contributed by atoms with E-state index in [1.165, 1.54) is 0 Å². The van der Waals surface area contributed by atoms with Crippen LogP contribution in [-0.2, 0) is 4.74 Å². The van der Waals surface area contributed by atoms with Gasteiger partial charge >= 0.3 is 0 Å². The van der Waals surface area contributed by atoms with Crippen LogP contribution in [-0.4, -0.2) is 40.1 Å². The summed E-state index contributed by atoms with van der Waals surface area (Å²) in [7, 11) is 1.65.